The summed E-state index contributed by atoms with van der Waals surface area (Å²) in [5.41, 5.74) is 3.65. The lowest BCUT2D eigenvalue weighted by Crippen LogP contribution is -2.57. The van der Waals surface area contributed by atoms with E-state index in [0.717, 1.165) is 23.5 Å². The summed E-state index contributed by atoms with van der Waals surface area (Å²) in [5, 5.41) is 3.70. The third kappa shape index (κ3) is 4.55. The average molecular weight is 428 g/mol. The molecule has 0 amide bonds. The molecule has 2 atom stereocenters. The van der Waals surface area contributed by atoms with Crippen molar-refractivity contribution in [1.82, 2.24) is 15.2 Å². The molecule has 1 aromatic carbocycles. The first-order valence-electron chi connectivity index (χ1n) is 9.70. The molecule has 0 spiro atoms. The maximum absolute atomic E-state index is 4.83. The van der Waals surface area contributed by atoms with Gasteiger partial charge in [0.15, 0.2) is 5.66 Å². The maximum Gasteiger partial charge on any atom is 0.175 e. The van der Waals surface area contributed by atoms with E-state index in [4.69, 9.17) is 9.98 Å². The number of nitrogens with one attached hydrogen (secondary N) is 1. The fourth-order valence-electron chi connectivity index (χ4n) is 3.80. The number of hydrogen-bond acceptors (Lipinski definition) is 5. The van der Waals surface area contributed by atoms with Crippen LogP contribution in [0.3, 0.4) is 0 Å². The highest BCUT2D eigenvalue weighted by molar-refractivity contribution is 5.86. The number of halogens is 1. The summed E-state index contributed by atoms with van der Waals surface area (Å²) in [4.78, 5) is 16.2. The molecule has 2 aliphatic heterocycles. The first-order valence-corrected chi connectivity index (χ1v) is 9.70. The molecule has 160 valence electrons. The fraction of sp³-hybridized carbons (Fsp3) is 0.348. The molecule has 6 nitrogen and oxygen atoms in total. The van der Waals surface area contributed by atoms with Gasteiger partial charge in [0.25, 0.3) is 0 Å². The van der Waals surface area contributed by atoms with Crippen molar-refractivity contribution in [2.45, 2.75) is 45.9 Å². The highest BCUT2D eigenvalue weighted by Gasteiger charge is 2.46. The van der Waals surface area contributed by atoms with Crippen molar-refractivity contribution >= 4 is 30.7 Å². The van der Waals surface area contributed by atoms with Gasteiger partial charge in [-0.3, -0.25) is 4.98 Å². The van der Waals surface area contributed by atoms with Gasteiger partial charge in [-0.15, -0.1) is 12.4 Å². The number of rotatable bonds is 4. The van der Waals surface area contributed by atoms with Crippen LogP contribution in [-0.4, -0.2) is 39.7 Å². The van der Waals surface area contributed by atoms with Gasteiger partial charge in [-0.2, -0.15) is 0 Å². The third-order valence-corrected chi connectivity index (χ3v) is 5.21. The molecule has 0 radical (unpaired) electrons. The molecule has 4 rings (SSSR count). The molecule has 3 heterocycles. The predicted octanol–water partition coefficient (Wildman–Crippen LogP) is 3.61. The topological polar surface area (TPSA) is 84.4 Å². The standard InChI is InChI=1S/C23H27N5.ClH.H2O/c1-17-9-8-12-19(26-17)20-14-28(21(27-20)22(2,3)4)23(15-24-16-25-23)13-18-10-6-5-7-11-18;;/h5-12,14-16,21,27H,13H2,1-4H3;1H;1H2. The highest BCUT2D eigenvalue weighted by atomic mass is 35.5. The Hall–Kier alpha value is -2.70. The van der Waals surface area contributed by atoms with Crippen LogP contribution in [0.15, 0.2) is 64.7 Å². The van der Waals surface area contributed by atoms with Gasteiger partial charge < -0.3 is 15.7 Å². The van der Waals surface area contributed by atoms with Gasteiger partial charge >= 0.3 is 0 Å². The Morgan fingerprint density at radius 3 is 2.40 bits per heavy atom. The maximum atomic E-state index is 4.83. The lowest BCUT2D eigenvalue weighted by Gasteiger charge is -2.43. The zero-order chi connectivity index (χ0) is 19.8. The Morgan fingerprint density at radius 1 is 1.07 bits per heavy atom. The number of nitrogens with zero attached hydrogens (tertiary/aromatic N) is 4. The molecule has 2 unspecified atom stereocenters. The van der Waals surface area contributed by atoms with Gasteiger partial charge in [-0.05, 0) is 24.6 Å². The van der Waals surface area contributed by atoms with Crippen molar-refractivity contribution in [3.63, 3.8) is 0 Å². The number of aromatic nitrogens is 1. The summed E-state index contributed by atoms with van der Waals surface area (Å²) in [5.74, 6) is 0. The van der Waals surface area contributed by atoms with Gasteiger partial charge in [-0.25, -0.2) is 9.98 Å². The molecule has 0 saturated carbocycles. The smallest absolute Gasteiger partial charge is 0.175 e. The quantitative estimate of drug-likeness (QED) is 0.808. The van der Waals surface area contributed by atoms with E-state index >= 15 is 0 Å². The van der Waals surface area contributed by atoms with Crippen LogP contribution >= 0.6 is 12.4 Å². The lowest BCUT2D eigenvalue weighted by molar-refractivity contribution is 0.0861. The van der Waals surface area contributed by atoms with Gasteiger partial charge in [0.2, 0.25) is 0 Å². The molecule has 2 aliphatic rings. The zero-order valence-electron chi connectivity index (χ0n) is 17.8. The van der Waals surface area contributed by atoms with Crippen molar-refractivity contribution in [3.05, 3.63) is 71.7 Å². The van der Waals surface area contributed by atoms with E-state index in [2.05, 4.69) is 66.4 Å². The Balaban J connectivity index is 0.00000160. The van der Waals surface area contributed by atoms with Crippen LogP contribution in [0.4, 0.5) is 0 Å². The number of hydrogen-bond donors (Lipinski definition) is 1. The molecule has 7 heteroatoms. The largest absolute Gasteiger partial charge is 0.412 e. The second-order valence-corrected chi connectivity index (χ2v) is 8.59. The summed E-state index contributed by atoms with van der Waals surface area (Å²) in [6.45, 7) is 8.74. The zero-order valence-corrected chi connectivity index (χ0v) is 18.6. The van der Waals surface area contributed by atoms with E-state index in [-0.39, 0.29) is 29.5 Å². The molecule has 2 aromatic rings. The minimum absolute atomic E-state index is 0. The third-order valence-electron chi connectivity index (χ3n) is 5.21. The Bertz CT molecular complexity index is 938. The minimum Gasteiger partial charge on any atom is -0.412 e. The Labute approximate surface area is 184 Å². The van der Waals surface area contributed by atoms with Crippen LogP contribution in [-0.2, 0) is 6.42 Å². The number of benzene rings is 1. The normalized spacial score (nSPS) is 22.2. The van der Waals surface area contributed by atoms with Crippen molar-refractivity contribution in [1.29, 1.82) is 0 Å². The van der Waals surface area contributed by atoms with E-state index < -0.39 is 5.66 Å². The van der Waals surface area contributed by atoms with E-state index in [9.17, 15) is 0 Å². The first-order chi connectivity index (χ1) is 13.4. The van der Waals surface area contributed by atoms with E-state index in [1.165, 1.54) is 5.56 Å². The van der Waals surface area contributed by atoms with Gasteiger partial charge in [-0.1, -0.05) is 57.2 Å². The van der Waals surface area contributed by atoms with Crippen LogP contribution < -0.4 is 5.32 Å². The summed E-state index contributed by atoms with van der Waals surface area (Å²) < 4.78 is 0. The molecule has 0 bridgehead atoms. The second-order valence-electron chi connectivity index (χ2n) is 8.59. The van der Waals surface area contributed by atoms with Crippen LogP contribution in [0.25, 0.3) is 5.70 Å². The minimum atomic E-state index is -0.544. The predicted molar refractivity (Wildman–Crippen MR) is 126 cm³/mol. The van der Waals surface area contributed by atoms with Gasteiger partial charge in [0.1, 0.15) is 12.5 Å². The molecule has 0 aliphatic carbocycles. The molecule has 0 saturated heterocycles. The highest BCUT2D eigenvalue weighted by Crippen LogP contribution is 2.37. The summed E-state index contributed by atoms with van der Waals surface area (Å²) >= 11 is 0. The summed E-state index contributed by atoms with van der Waals surface area (Å²) in [6, 6.07) is 16.6. The molecular weight excluding hydrogens is 398 g/mol. The Morgan fingerprint density at radius 2 is 1.80 bits per heavy atom. The monoisotopic (exact) mass is 427 g/mol. The van der Waals surface area contributed by atoms with Crippen LogP contribution in [0, 0.1) is 12.3 Å². The van der Waals surface area contributed by atoms with Crippen LogP contribution in [0.5, 0.6) is 0 Å². The Kier molecular flexibility index (Phi) is 7.06. The van der Waals surface area contributed by atoms with Gasteiger partial charge in [0.05, 0.1) is 17.6 Å². The van der Waals surface area contributed by atoms with Crippen LogP contribution in [0.1, 0.15) is 37.7 Å². The van der Waals surface area contributed by atoms with Crippen molar-refractivity contribution in [2.75, 3.05) is 0 Å². The van der Waals surface area contributed by atoms with E-state index in [0.29, 0.717) is 0 Å². The lowest BCUT2D eigenvalue weighted by atomic mass is 9.89. The van der Waals surface area contributed by atoms with Crippen molar-refractivity contribution in [3.8, 4) is 0 Å². The summed E-state index contributed by atoms with van der Waals surface area (Å²) in [6.07, 6.45) is 6.61. The summed E-state index contributed by atoms with van der Waals surface area (Å²) in [7, 11) is 0. The first kappa shape index (κ1) is 23.6. The molecule has 30 heavy (non-hydrogen) atoms. The fourth-order valence-corrected chi connectivity index (χ4v) is 3.80. The number of pyridine rings is 1. The molecular formula is C23H30ClN5O. The van der Waals surface area contributed by atoms with Gasteiger partial charge in [0, 0.05) is 23.7 Å². The van der Waals surface area contributed by atoms with Crippen molar-refractivity contribution < 1.29 is 5.48 Å². The molecule has 0 fully saturated rings. The van der Waals surface area contributed by atoms with Crippen LogP contribution in [0.2, 0.25) is 0 Å². The molecule has 3 N–H and O–H groups in total. The number of aliphatic imine (C=N–C) groups is 2. The SMILES string of the molecule is Cc1cccc(C2=CN(C3(Cc4ccccc4)C=NC=N3)C(C(C)(C)C)N2)n1.Cl.O. The average Bonchev–Trinajstić information content (AvgIpc) is 3.30. The van der Waals surface area contributed by atoms with Crippen molar-refractivity contribution in [2.24, 2.45) is 15.4 Å². The number of aryl methyl sites for hydroxylation is 1. The molecule has 1 aromatic heterocycles. The van der Waals surface area contributed by atoms with E-state index in [1.54, 1.807) is 6.34 Å². The second kappa shape index (κ2) is 8.98. The van der Waals surface area contributed by atoms with E-state index in [1.807, 2.05) is 37.4 Å².